The Morgan fingerprint density at radius 3 is 2.83 bits per heavy atom. The summed E-state index contributed by atoms with van der Waals surface area (Å²) >= 11 is 9.98. The molecule has 130 valence electrons. The second-order valence-electron chi connectivity index (χ2n) is 5.69. The molecule has 7 heteroatoms. The fraction of sp³-hybridized carbons (Fsp3) is 0.412. The minimum Gasteiger partial charge on any atom is -0.486 e. The van der Waals surface area contributed by atoms with Crippen molar-refractivity contribution in [2.45, 2.75) is 16.8 Å². The van der Waals surface area contributed by atoms with Gasteiger partial charge < -0.3 is 14.1 Å². The summed E-state index contributed by atoms with van der Waals surface area (Å²) in [6.07, 6.45) is 0.819. The monoisotopic (exact) mass is 571 g/mol. The highest BCUT2D eigenvalue weighted by molar-refractivity contribution is 14.1. The number of alkyl halides is 2. The van der Waals surface area contributed by atoms with Gasteiger partial charge in [-0.05, 0) is 37.7 Å². The van der Waals surface area contributed by atoms with Crippen molar-refractivity contribution in [3.63, 3.8) is 0 Å². The van der Waals surface area contributed by atoms with Crippen LogP contribution in [0.2, 0.25) is 0 Å². The van der Waals surface area contributed by atoms with E-state index in [0.717, 1.165) is 28.5 Å². The van der Waals surface area contributed by atoms with E-state index < -0.39 is 0 Å². The highest BCUT2D eigenvalue weighted by Gasteiger charge is 2.25. The first kappa shape index (κ1) is 19.9. The highest BCUT2D eigenvalue weighted by atomic mass is 127. The van der Waals surface area contributed by atoms with Crippen LogP contribution in [0.25, 0.3) is 11.0 Å². The van der Waals surface area contributed by atoms with Crippen molar-refractivity contribution in [1.29, 1.82) is 0 Å². The molecule has 0 aliphatic rings. The molecule has 2 aromatic rings. The summed E-state index contributed by atoms with van der Waals surface area (Å²) in [5.74, 6) is 0. The van der Waals surface area contributed by atoms with Crippen LogP contribution in [0.3, 0.4) is 0 Å². The van der Waals surface area contributed by atoms with Crippen molar-refractivity contribution in [3.8, 4) is 0 Å². The Bertz CT molecular complexity index is 776. The number of para-hydroxylation sites is 1. The van der Waals surface area contributed by atoms with E-state index in [9.17, 15) is 4.79 Å². The SMILES string of the molecule is CN(CCCOC(=S)C(C)(I)CI)c1cc(=O)oc2ccccc12. The highest BCUT2D eigenvalue weighted by Crippen LogP contribution is 2.25. The number of hydrogen-bond acceptors (Lipinski definition) is 5. The number of fused-ring (bicyclic) bond motifs is 1. The van der Waals surface area contributed by atoms with Gasteiger partial charge in [0.05, 0.1) is 15.7 Å². The average molecular weight is 571 g/mol. The molecule has 0 aliphatic carbocycles. The molecule has 4 nitrogen and oxygen atoms in total. The smallest absolute Gasteiger partial charge is 0.338 e. The van der Waals surface area contributed by atoms with E-state index in [0.29, 0.717) is 17.2 Å². The second kappa shape index (κ2) is 8.79. The molecule has 0 bridgehead atoms. The van der Waals surface area contributed by atoms with Gasteiger partial charge in [-0.2, -0.15) is 0 Å². The van der Waals surface area contributed by atoms with E-state index in [-0.39, 0.29) is 9.05 Å². The Balaban J connectivity index is 1.98. The molecule has 0 saturated heterocycles. The Hall–Kier alpha value is -0.420. The van der Waals surface area contributed by atoms with Crippen molar-refractivity contribution in [2.75, 3.05) is 29.5 Å². The molecule has 0 N–H and O–H groups in total. The van der Waals surface area contributed by atoms with E-state index in [1.165, 1.54) is 6.07 Å². The molecule has 1 heterocycles. The van der Waals surface area contributed by atoms with Crippen molar-refractivity contribution in [3.05, 3.63) is 40.8 Å². The Labute approximate surface area is 174 Å². The Morgan fingerprint density at radius 1 is 1.42 bits per heavy atom. The number of anilines is 1. The maximum absolute atomic E-state index is 11.7. The molecule has 1 unspecified atom stereocenters. The lowest BCUT2D eigenvalue weighted by Crippen LogP contribution is -2.31. The third-order valence-corrected chi connectivity index (χ3v) is 8.38. The minimum atomic E-state index is -0.337. The average Bonchev–Trinajstić information content (AvgIpc) is 2.57. The number of hydrogen-bond donors (Lipinski definition) is 0. The zero-order chi connectivity index (χ0) is 17.7. The molecule has 1 atom stereocenters. The van der Waals surface area contributed by atoms with Crippen molar-refractivity contribution < 1.29 is 9.15 Å². The first-order valence-corrected chi connectivity index (χ1v) is 10.5. The molecule has 1 aromatic heterocycles. The molecule has 0 amide bonds. The largest absolute Gasteiger partial charge is 0.486 e. The number of nitrogens with zero attached hydrogens (tertiary/aromatic N) is 1. The van der Waals surface area contributed by atoms with Gasteiger partial charge >= 0.3 is 5.63 Å². The molecule has 0 spiro atoms. The molecular formula is C17H19I2NO3S. The van der Waals surface area contributed by atoms with Gasteiger partial charge in [0.1, 0.15) is 5.58 Å². The minimum absolute atomic E-state index is 0.117. The lowest BCUT2D eigenvalue weighted by Gasteiger charge is -2.23. The quantitative estimate of drug-likeness (QED) is 0.160. The van der Waals surface area contributed by atoms with Crippen LogP contribution >= 0.6 is 57.4 Å². The van der Waals surface area contributed by atoms with Crippen LogP contribution in [0, 0.1) is 0 Å². The van der Waals surface area contributed by atoms with Crippen LogP contribution in [-0.4, -0.2) is 33.1 Å². The van der Waals surface area contributed by atoms with Crippen LogP contribution in [0.4, 0.5) is 5.69 Å². The predicted octanol–water partition coefficient (Wildman–Crippen LogP) is 4.59. The Morgan fingerprint density at radius 2 is 2.12 bits per heavy atom. The molecule has 0 aliphatic heterocycles. The molecule has 0 radical (unpaired) electrons. The topological polar surface area (TPSA) is 42.7 Å². The van der Waals surface area contributed by atoms with Crippen LogP contribution in [0.15, 0.2) is 39.5 Å². The van der Waals surface area contributed by atoms with E-state index in [2.05, 4.69) is 52.1 Å². The van der Waals surface area contributed by atoms with Crippen LogP contribution < -0.4 is 10.5 Å². The van der Waals surface area contributed by atoms with Crippen LogP contribution in [0.5, 0.6) is 0 Å². The van der Waals surface area contributed by atoms with E-state index in [1.807, 2.05) is 30.1 Å². The van der Waals surface area contributed by atoms with E-state index in [1.54, 1.807) is 6.07 Å². The van der Waals surface area contributed by atoms with E-state index >= 15 is 0 Å². The van der Waals surface area contributed by atoms with Crippen LogP contribution in [-0.2, 0) is 4.74 Å². The van der Waals surface area contributed by atoms with Crippen molar-refractivity contribution in [2.24, 2.45) is 0 Å². The number of rotatable bonds is 7. The van der Waals surface area contributed by atoms with Gasteiger partial charge in [0.2, 0.25) is 0 Å². The summed E-state index contributed by atoms with van der Waals surface area (Å²) in [6, 6.07) is 9.09. The molecular weight excluding hydrogens is 552 g/mol. The summed E-state index contributed by atoms with van der Waals surface area (Å²) < 4.78 is 11.7. The first-order chi connectivity index (χ1) is 11.3. The maximum atomic E-state index is 11.7. The first-order valence-electron chi connectivity index (χ1n) is 7.51. The van der Waals surface area contributed by atoms with Gasteiger partial charge in [-0.15, -0.1) is 0 Å². The summed E-state index contributed by atoms with van der Waals surface area (Å²) in [5.41, 5.74) is 1.14. The van der Waals surface area contributed by atoms with Gasteiger partial charge in [0.15, 0.2) is 5.05 Å². The Kier molecular flexibility index (Phi) is 7.29. The lowest BCUT2D eigenvalue weighted by molar-refractivity contribution is 0.297. The fourth-order valence-electron chi connectivity index (χ4n) is 2.20. The van der Waals surface area contributed by atoms with Crippen LogP contribution in [0.1, 0.15) is 13.3 Å². The number of thiocarbonyl (C=S) groups is 1. The normalized spacial score (nSPS) is 13.5. The van der Waals surface area contributed by atoms with Crippen molar-refractivity contribution in [1.82, 2.24) is 0 Å². The van der Waals surface area contributed by atoms with E-state index in [4.69, 9.17) is 21.4 Å². The summed E-state index contributed by atoms with van der Waals surface area (Å²) in [6.45, 7) is 3.40. The van der Waals surface area contributed by atoms with Gasteiger partial charge in [-0.3, -0.25) is 0 Å². The van der Waals surface area contributed by atoms with Gasteiger partial charge in [-0.25, -0.2) is 4.79 Å². The zero-order valence-corrected chi connectivity index (χ0v) is 18.7. The zero-order valence-electron chi connectivity index (χ0n) is 13.6. The predicted molar refractivity (Wildman–Crippen MR) is 120 cm³/mol. The lowest BCUT2D eigenvalue weighted by atomic mass is 10.2. The van der Waals surface area contributed by atoms with Crippen molar-refractivity contribution >= 4 is 79.1 Å². The third-order valence-electron chi connectivity index (χ3n) is 3.59. The molecule has 1 aromatic carbocycles. The fourth-order valence-corrected chi connectivity index (χ4v) is 3.12. The summed E-state index contributed by atoms with van der Waals surface area (Å²) in [7, 11) is 1.97. The maximum Gasteiger partial charge on any atom is 0.338 e. The third kappa shape index (κ3) is 5.04. The number of ether oxygens (including phenoxy) is 1. The molecule has 24 heavy (non-hydrogen) atoms. The van der Waals surface area contributed by atoms with Gasteiger partial charge in [0.25, 0.3) is 0 Å². The standard InChI is InChI=1S/C17H19I2NO3S/c1-17(19,11-18)16(24)22-9-5-8-20(2)13-10-15(21)23-14-7-4-3-6-12(13)14/h3-4,6-7,10H,5,8-9,11H2,1-2H3. The number of benzene rings is 1. The number of halogens is 2. The second-order valence-corrected chi connectivity index (χ2v) is 9.20. The summed E-state index contributed by atoms with van der Waals surface area (Å²) in [4.78, 5) is 13.8. The van der Waals surface area contributed by atoms with Gasteiger partial charge in [-0.1, -0.05) is 57.3 Å². The molecule has 0 fully saturated rings. The summed E-state index contributed by atoms with van der Waals surface area (Å²) in [5, 5.41) is 1.58. The molecule has 2 rings (SSSR count). The van der Waals surface area contributed by atoms with Gasteiger partial charge in [0, 0.05) is 29.5 Å². The molecule has 0 saturated carbocycles.